The molecule has 6 nitrogen and oxygen atoms in total. The lowest BCUT2D eigenvalue weighted by Gasteiger charge is -2.26. The first-order valence-electron chi connectivity index (χ1n) is 8.87. The minimum atomic E-state index is -1.07. The van der Waals surface area contributed by atoms with Gasteiger partial charge in [-0.1, -0.05) is 36.8 Å². The van der Waals surface area contributed by atoms with Gasteiger partial charge in [-0.25, -0.2) is 4.79 Å². The van der Waals surface area contributed by atoms with Crippen LogP contribution in [0.2, 0.25) is 0 Å². The fraction of sp³-hybridized carbons (Fsp3) is 0.333. The van der Waals surface area contributed by atoms with Gasteiger partial charge in [0, 0.05) is 5.56 Å². The number of rotatable bonds is 6. The van der Waals surface area contributed by atoms with Crippen LogP contribution in [-0.4, -0.2) is 31.1 Å². The van der Waals surface area contributed by atoms with Crippen LogP contribution in [0.1, 0.15) is 30.0 Å². The molecule has 0 bridgehead atoms. The smallest absolute Gasteiger partial charge is 0.325 e. The summed E-state index contributed by atoms with van der Waals surface area (Å²) in [6.45, 7) is 4.01. The lowest BCUT2D eigenvalue weighted by molar-refractivity contribution is -0.132. The first kappa shape index (κ1) is 18.8. The normalized spacial score (nSPS) is 19.2. The monoisotopic (exact) mass is 368 g/mol. The number of benzene rings is 2. The zero-order valence-corrected chi connectivity index (χ0v) is 16.0. The van der Waals surface area contributed by atoms with E-state index in [1.807, 2.05) is 44.2 Å². The Balaban J connectivity index is 1.94. The van der Waals surface area contributed by atoms with Gasteiger partial charge in [0.15, 0.2) is 0 Å². The molecule has 1 heterocycles. The zero-order valence-electron chi connectivity index (χ0n) is 16.0. The topological polar surface area (TPSA) is 67.9 Å². The molecule has 0 spiro atoms. The van der Waals surface area contributed by atoms with Gasteiger partial charge in [-0.05, 0) is 37.1 Å². The molecule has 0 aliphatic carbocycles. The van der Waals surface area contributed by atoms with Gasteiger partial charge >= 0.3 is 6.03 Å². The molecule has 2 aromatic rings. The van der Waals surface area contributed by atoms with Crippen molar-refractivity contribution in [1.29, 1.82) is 0 Å². The lowest BCUT2D eigenvalue weighted by Crippen LogP contribution is -2.43. The number of amides is 3. The van der Waals surface area contributed by atoms with E-state index in [2.05, 4.69) is 5.32 Å². The lowest BCUT2D eigenvalue weighted by atomic mass is 9.87. The fourth-order valence-electron chi connectivity index (χ4n) is 3.49. The van der Waals surface area contributed by atoms with Crippen LogP contribution in [0.5, 0.6) is 11.5 Å². The summed E-state index contributed by atoms with van der Waals surface area (Å²) in [4.78, 5) is 27.2. The zero-order chi connectivity index (χ0) is 19.6. The Morgan fingerprint density at radius 1 is 1.04 bits per heavy atom. The molecule has 0 radical (unpaired) electrons. The Labute approximate surface area is 159 Å². The molecule has 3 amide bonds. The summed E-state index contributed by atoms with van der Waals surface area (Å²) in [5.74, 6) is 1.09. The molecule has 1 atom stereocenters. The van der Waals surface area contributed by atoms with E-state index in [0.29, 0.717) is 17.9 Å². The van der Waals surface area contributed by atoms with Gasteiger partial charge in [0.1, 0.15) is 17.0 Å². The molecule has 2 aromatic carbocycles. The molecule has 1 aliphatic heterocycles. The second-order valence-electron chi connectivity index (χ2n) is 6.62. The summed E-state index contributed by atoms with van der Waals surface area (Å²) >= 11 is 0. The molecule has 3 rings (SSSR count). The highest BCUT2D eigenvalue weighted by atomic mass is 16.5. The summed E-state index contributed by atoms with van der Waals surface area (Å²) in [6, 6.07) is 12.5. The second-order valence-corrected chi connectivity index (χ2v) is 6.62. The van der Waals surface area contributed by atoms with E-state index in [4.69, 9.17) is 9.47 Å². The number of hydrogen-bond donors (Lipinski definition) is 1. The van der Waals surface area contributed by atoms with Gasteiger partial charge in [0.2, 0.25) is 0 Å². The Hall–Kier alpha value is -3.02. The number of nitrogens with one attached hydrogen (secondary N) is 1. The van der Waals surface area contributed by atoms with Crippen molar-refractivity contribution in [1.82, 2.24) is 10.2 Å². The van der Waals surface area contributed by atoms with Gasteiger partial charge in [-0.2, -0.15) is 0 Å². The number of carbonyl (C=O) groups excluding carboxylic acids is 2. The maximum absolute atomic E-state index is 13.3. The molecule has 27 heavy (non-hydrogen) atoms. The van der Waals surface area contributed by atoms with Crippen molar-refractivity contribution in [3.05, 3.63) is 59.2 Å². The molecule has 0 saturated carbocycles. The van der Waals surface area contributed by atoms with E-state index >= 15 is 0 Å². The maximum Gasteiger partial charge on any atom is 0.325 e. The predicted molar refractivity (Wildman–Crippen MR) is 102 cm³/mol. The highest BCUT2D eigenvalue weighted by Gasteiger charge is 2.51. The number of aryl methyl sites for hydroxylation is 1. The van der Waals surface area contributed by atoms with Crippen LogP contribution in [-0.2, 0) is 16.9 Å². The molecule has 0 unspecified atom stereocenters. The highest BCUT2D eigenvalue weighted by molar-refractivity contribution is 6.07. The third-order valence-corrected chi connectivity index (χ3v) is 5.05. The number of nitrogens with zero attached hydrogens (tertiary/aromatic N) is 1. The van der Waals surface area contributed by atoms with Gasteiger partial charge in [-0.15, -0.1) is 0 Å². The summed E-state index contributed by atoms with van der Waals surface area (Å²) in [6.07, 6.45) is 0.450. The fourth-order valence-corrected chi connectivity index (χ4v) is 3.49. The van der Waals surface area contributed by atoms with Crippen LogP contribution in [0.15, 0.2) is 42.5 Å². The summed E-state index contributed by atoms with van der Waals surface area (Å²) in [5.41, 5.74) is 1.50. The predicted octanol–water partition coefficient (Wildman–Crippen LogP) is 3.37. The first-order valence-corrected chi connectivity index (χ1v) is 8.87. The van der Waals surface area contributed by atoms with E-state index in [9.17, 15) is 9.59 Å². The summed E-state index contributed by atoms with van der Waals surface area (Å²) in [7, 11) is 3.16. The van der Waals surface area contributed by atoms with E-state index < -0.39 is 11.6 Å². The number of hydrogen-bond acceptors (Lipinski definition) is 4. The standard InChI is InChI=1S/C21H24N2O4/c1-5-21(16-7-9-17(26-3)10-8-16)19(24)23(20(25)22-21)13-15-12-14(2)6-11-18(15)27-4/h6-12H,5,13H2,1-4H3,(H,22,25)/t21-/m0/s1. The molecule has 1 aliphatic rings. The molecule has 1 N–H and O–H groups in total. The van der Waals surface area contributed by atoms with E-state index in [-0.39, 0.29) is 12.5 Å². The van der Waals surface area contributed by atoms with Crippen LogP contribution in [0.25, 0.3) is 0 Å². The summed E-state index contributed by atoms with van der Waals surface area (Å²) in [5, 5.41) is 2.90. The van der Waals surface area contributed by atoms with Crippen LogP contribution in [0, 0.1) is 6.92 Å². The van der Waals surface area contributed by atoms with E-state index in [1.54, 1.807) is 26.4 Å². The number of carbonyl (C=O) groups is 2. The van der Waals surface area contributed by atoms with Crippen LogP contribution in [0.4, 0.5) is 4.79 Å². The van der Waals surface area contributed by atoms with E-state index in [1.165, 1.54) is 4.90 Å². The molecule has 6 heteroatoms. The van der Waals surface area contributed by atoms with Crippen molar-refractivity contribution in [3.8, 4) is 11.5 Å². The molecule has 142 valence electrons. The number of imide groups is 1. The SMILES string of the molecule is CC[C@@]1(c2ccc(OC)cc2)NC(=O)N(Cc2cc(C)ccc2OC)C1=O. The van der Waals surface area contributed by atoms with Crippen LogP contribution < -0.4 is 14.8 Å². The maximum atomic E-state index is 13.3. The van der Waals surface area contributed by atoms with Gasteiger partial charge in [-0.3, -0.25) is 9.69 Å². The van der Waals surface area contributed by atoms with Gasteiger partial charge < -0.3 is 14.8 Å². The molecule has 0 aromatic heterocycles. The van der Waals surface area contributed by atoms with E-state index in [0.717, 1.165) is 16.7 Å². The largest absolute Gasteiger partial charge is 0.497 e. The van der Waals surface area contributed by atoms with Gasteiger partial charge in [0.05, 0.1) is 20.8 Å². The Morgan fingerprint density at radius 3 is 2.33 bits per heavy atom. The average molecular weight is 368 g/mol. The first-order chi connectivity index (χ1) is 12.9. The molecule has 1 fully saturated rings. The second kappa shape index (κ2) is 7.31. The number of methoxy groups -OCH3 is 2. The van der Waals surface area contributed by atoms with Crippen molar-refractivity contribution < 1.29 is 19.1 Å². The third kappa shape index (κ3) is 3.23. The molecular formula is C21H24N2O4. The number of ether oxygens (including phenoxy) is 2. The Bertz CT molecular complexity index is 863. The van der Waals surface area contributed by atoms with Crippen molar-refractivity contribution in [2.45, 2.75) is 32.4 Å². The minimum absolute atomic E-state index is 0.160. The molecular weight excluding hydrogens is 344 g/mol. The van der Waals surface area contributed by atoms with Gasteiger partial charge in [0.25, 0.3) is 5.91 Å². The highest BCUT2D eigenvalue weighted by Crippen LogP contribution is 2.35. The van der Waals surface area contributed by atoms with Crippen molar-refractivity contribution in [2.24, 2.45) is 0 Å². The number of urea groups is 1. The van der Waals surface area contributed by atoms with Crippen molar-refractivity contribution in [3.63, 3.8) is 0 Å². The van der Waals surface area contributed by atoms with Crippen molar-refractivity contribution in [2.75, 3.05) is 14.2 Å². The summed E-state index contributed by atoms with van der Waals surface area (Å²) < 4.78 is 10.6. The van der Waals surface area contributed by atoms with Crippen molar-refractivity contribution >= 4 is 11.9 Å². The minimum Gasteiger partial charge on any atom is -0.497 e. The Morgan fingerprint density at radius 2 is 1.74 bits per heavy atom. The molecule has 1 saturated heterocycles. The quantitative estimate of drug-likeness (QED) is 0.794. The Kier molecular flexibility index (Phi) is 5.08. The van der Waals surface area contributed by atoms with Crippen LogP contribution in [0.3, 0.4) is 0 Å². The van der Waals surface area contributed by atoms with Crippen LogP contribution >= 0.6 is 0 Å². The average Bonchev–Trinajstić information content (AvgIpc) is 2.93. The third-order valence-electron chi connectivity index (χ3n) is 5.05.